The summed E-state index contributed by atoms with van der Waals surface area (Å²) in [4.78, 5) is 17.0. The second-order valence-electron chi connectivity index (χ2n) is 6.48. The van der Waals surface area contributed by atoms with E-state index in [1.165, 1.54) is 4.88 Å². The third-order valence-electron chi connectivity index (χ3n) is 4.81. The summed E-state index contributed by atoms with van der Waals surface area (Å²) in [5, 5.41) is 15.9. The fraction of sp³-hybridized carbons (Fsp3) is 0.316. The van der Waals surface area contributed by atoms with Gasteiger partial charge in [0.25, 0.3) is 0 Å². The Morgan fingerprint density at radius 2 is 2.12 bits per heavy atom. The molecule has 1 amide bonds. The van der Waals surface area contributed by atoms with Crippen LogP contribution in [0.1, 0.15) is 29.3 Å². The number of benzene rings is 1. The summed E-state index contributed by atoms with van der Waals surface area (Å²) in [5.41, 5.74) is 2.07. The predicted molar refractivity (Wildman–Crippen MR) is 95.9 cm³/mol. The lowest BCUT2D eigenvalue weighted by Crippen LogP contribution is -2.41. The first-order chi connectivity index (χ1) is 11.7. The number of nitrogens with one attached hydrogen (secondary N) is 2. The van der Waals surface area contributed by atoms with Gasteiger partial charge >= 0.3 is 0 Å². The van der Waals surface area contributed by atoms with Crippen LogP contribution in [-0.4, -0.2) is 22.1 Å². The Balaban J connectivity index is 1.49. The van der Waals surface area contributed by atoms with Crippen molar-refractivity contribution in [2.24, 2.45) is 5.92 Å². The lowest BCUT2D eigenvalue weighted by atomic mass is 9.76. The molecule has 1 aromatic carbocycles. The van der Waals surface area contributed by atoms with E-state index < -0.39 is 0 Å². The zero-order valence-electron chi connectivity index (χ0n) is 13.2. The molecular weight excluding hydrogens is 320 g/mol. The van der Waals surface area contributed by atoms with Crippen LogP contribution in [0.3, 0.4) is 0 Å². The van der Waals surface area contributed by atoms with Gasteiger partial charge in [0, 0.05) is 22.0 Å². The number of H-pyrrole nitrogens is 1. The lowest BCUT2D eigenvalue weighted by molar-refractivity contribution is -0.122. The quantitative estimate of drug-likeness (QED) is 0.666. The van der Waals surface area contributed by atoms with Gasteiger partial charge in [-0.25, -0.2) is 0 Å². The van der Waals surface area contributed by atoms with Crippen LogP contribution in [0.4, 0.5) is 0 Å². The number of aromatic amines is 1. The molecule has 4 nitrogen and oxygen atoms in total. The molecule has 2 aromatic heterocycles. The highest BCUT2D eigenvalue weighted by atomic mass is 32.1. The van der Waals surface area contributed by atoms with E-state index in [-0.39, 0.29) is 18.1 Å². The van der Waals surface area contributed by atoms with Crippen molar-refractivity contribution in [3.63, 3.8) is 0 Å². The van der Waals surface area contributed by atoms with E-state index >= 15 is 0 Å². The van der Waals surface area contributed by atoms with Crippen LogP contribution in [0.15, 0.2) is 48.0 Å². The molecular formula is C19H20N2O2S. The van der Waals surface area contributed by atoms with E-state index in [0.717, 1.165) is 29.3 Å². The van der Waals surface area contributed by atoms with Gasteiger partial charge in [0.05, 0.1) is 18.6 Å². The highest BCUT2D eigenvalue weighted by Gasteiger charge is 2.36. The minimum atomic E-state index is -0.219. The van der Waals surface area contributed by atoms with Crippen LogP contribution in [0.2, 0.25) is 0 Å². The van der Waals surface area contributed by atoms with Crippen molar-refractivity contribution >= 4 is 28.1 Å². The van der Waals surface area contributed by atoms with E-state index in [1.54, 1.807) is 11.3 Å². The number of para-hydroxylation sites is 1. The Morgan fingerprint density at radius 3 is 2.88 bits per heavy atom. The van der Waals surface area contributed by atoms with E-state index in [1.807, 2.05) is 41.9 Å². The van der Waals surface area contributed by atoms with Gasteiger partial charge in [-0.05, 0) is 41.8 Å². The van der Waals surface area contributed by atoms with Crippen molar-refractivity contribution in [2.45, 2.75) is 31.4 Å². The van der Waals surface area contributed by atoms with Crippen molar-refractivity contribution in [1.29, 1.82) is 0 Å². The van der Waals surface area contributed by atoms with Gasteiger partial charge in [-0.1, -0.05) is 24.3 Å². The van der Waals surface area contributed by atoms with Gasteiger partial charge in [-0.15, -0.1) is 11.3 Å². The molecule has 0 bridgehead atoms. The molecule has 1 aliphatic rings. The zero-order chi connectivity index (χ0) is 16.5. The first-order valence-electron chi connectivity index (χ1n) is 8.26. The fourth-order valence-electron chi connectivity index (χ4n) is 3.47. The van der Waals surface area contributed by atoms with E-state index in [2.05, 4.69) is 16.4 Å². The Labute approximate surface area is 144 Å². The fourth-order valence-corrected chi connectivity index (χ4v) is 4.34. The molecule has 2 heterocycles. The predicted octanol–water partition coefficient (Wildman–Crippen LogP) is 3.40. The van der Waals surface area contributed by atoms with Crippen LogP contribution in [0, 0.1) is 5.92 Å². The molecule has 1 atom stereocenters. The number of carbonyl (C=O) groups is 1. The van der Waals surface area contributed by atoms with Gasteiger partial charge in [0.2, 0.25) is 5.91 Å². The summed E-state index contributed by atoms with van der Waals surface area (Å²) in [6.07, 6.45) is 3.58. The Hall–Kier alpha value is -2.11. The van der Waals surface area contributed by atoms with Crippen LogP contribution in [0.25, 0.3) is 10.9 Å². The Kier molecular flexibility index (Phi) is 4.12. The highest BCUT2D eigenvalue weighted by molar-refractivity contribution is 7.10. The minimum absolute atomic E-state index is 0.00565. The number of hydrogen-bond acceptors (Lipinski definition) is 3. The van der Waals surface area contributed by atoms with Gasteiger partial charge < -0.3 is 15.4 Å². The molecule has 0 radical (unpaired) electrons. The maximum atomic E-state index is 12.6. The summed E-state index contributed by atoms with van der Waals surface area (Å²) in [5.74, 6) is 0.352. The van der Waals surface area contributed by atoms with E-state index in [9.17, 15) is 9.90 Å². The number of thiophene rings is 1. The molecule has 3 aromatic rings. The van der Waals surface area contributed by atoms with Gasteiger partial charge in [0.1, 0.15) is 0 Å². The molecule has 1 fully saturated rings. The first kappa shape index (κ1) is 15.4. The van der Waals surface area contributed by atoms with Crippen LogP contribution >= 0.6 is 11.3 Å². The molecule has 0 saturated heterocycles. The maximum Gasteiger partial charge on any atom is 0.225 e. The molecule has 0 spiro atoms. The van der Waals surface area contributed by atoms with E-state index in [0.29, 0.717) is 12.3 Å². The molecule has 24 heavy (non-hydrogen) atoms. The number of hydrogen-bond donors (Lipinski definition) is 3. The zero-order valence-corrected chi connectivity index (χ0v) is 14.1. The second kappa shape index (κ2) is 6.42. The first-order valence-corrected chi connectivity index (χ1v) is 9.14. The SMILES string of the molecule is O=C(Cc1c[nH]c2ccccc12)N[C@@H](c1cccs1)C1CC(O)C1. The Bertz CT molecular complexity index is 834. The maximum absolute atomic E-state index is 12.6. The van der Waals surface area contributed by atoms with Crippen LogP contribution in [-0.2, 0) is 11.2 Å². The molecule has 124 valence electrons. The summed E-state index contributed by atoms with van der Waals surface area (Å²) in [7, 11) is 0. The molecule has 1 aliphatic carbocycles. The average molecular weight is 340 g/mol. The molecule has 0 unspecified atom stereocenters. The average Bonchev–Trinajstić information content (AvgIpc) is 3.20. The van der Waals surface area contributed by atoms with Crippen molar-refractivity contribution < 1.29 is 9.90 Å². The van der Waals surface area contributed by atoms with Crippen molar-refractivity contribution in [1.82, 2.24) is 10.3 Å². The number of aliphatic hydroxyl groups excluding tert-OH is 1. The summed E-state index contributed by atoms with van der Waals surface area (Å²) >= 11 is 1.66. The monoisotopic (exact) mass is 340 g/mol. The second-order valence-corrected chi connectivity index (χ2v) is 7.46. The van der Waals surface area contributed by atoms with Gasteiger partial charge in [-0.3, -0.25) is 4.79 Å². The largest absolute Gasteiger partial charge is 0.393 e. The molecule has 5 heteroatoms. The summed E-state index contributed by atoms with van der Waals surface area (Å²) < 4.78 is 0. The summed E-state index contributed by atoms with van der Waals surface area (Å²) in [6.45, 7) is 0. The number of carbonyl (C=O) groups excluding carboxylic acids is 1. The number of aromatic nitrogens is 1. The summed E-state index contributed by atoms with van der Waals surface area (Å²) in [6, 6.07) is 12.1. The highest BCUT2D eigenvalue weighted by Crippen LogP contribution is 2.39. The molecule has 0 aliphatic heterocycles. The molecule has 4 rings (SSSR count). The smallest absolute Gasteiger partial charge is 0.225 e. The van der Waals surface area contributed by atoms with Crippen molar-refractivity contribution in [3.8, 4) is 0 Å². The van der Waals surface area contributed by atoms with Crippen LogP contribution in [0.5, 0.6) is 0 Å². The third kappa shape index (κ3) is 2.97. The lowest BCUT2D eigenvalue weighted by Gasteiger charge is -2.37. The van der Waals surface area contributed by atoms with Crippen molar-refractivity contribution in [3.05, 3.63) is 58.4 Å². The third-order valence-corrected chi connectivity index (χ3v) is 5.77. The molecule has 1 saturated carbocycles. The normalized spacial score (nSPS) is 21.4. The number of amides is 1. The van der Waals surface area contributed by atoms with E-state index in [4.69, 9.17) is 0 Å². The Morgan fingerprint density at radius 1 is 1.29 bits per heavy atom. The minimum Gasteiger partial charge on any atom is -0.393 e. The van der Waals surface area contributed by atoms with Gasteiger partial charge in [-0.2, -0.15) is 0 Å². The van der Waals surface area contributed by atoms with Gasteiger partial charge in [0.15, 0.2) is 0 Å². The van der Waals surface area contributed by atoms with Crippen molar-refractivity contribution in [2.75, 3.05) is 0 Å². The number of rotatable bonds is 5. The number of fused-ring (bicyclic) bond motifs is 1. The molecule has 3 N–H and O–H groups in total. The standard InChI is InChI=1S/C19H20N2O2S/c22-14-8-12(9-14)19(17-6-3-7-24-17)21-18(23)10-13-11-20-16-5-2-1-4-15(13)16/h1-7,11-12,14,19-20,22H,8-10H2,(H,21,23)/t12?,14?,19-/m1/s1. The topological polar surface area (TPSA) is 65.1 Å². The number of aliphatic hydroxyl groups is 1. The van der Waals surface area contributed by atoms with Crippen LogP contribution < -0.4 is 5.32 Å².